The summed E-state index contributed by atoms with van der Waals surface area (Å²) in [5.74, 6) is -0.383. The lowest BCUT2D eigenvalue weighted by molar-refractivity contribution is 0.619. The second kappa shape index (κ2) is 6.08. The van der Waals surface area contributed by atoms with Crippen LogP contribution in [0, 0.1) is 5.82 Å². The molecule has 2 nitrogen and oxygen atoms in total. The second-order valence-corrected chi connectivity index (χ2v) is 6.21. The molecule has 0 aromatic heterocycles. The average Bonchev–Trinajstić information content (AvgIpc) is 2.46. The van der Waals surface area contributed by atoms with Gasteiger partial charge in [-0.15, -0.1) is 0 Å². The quantitative estimate of drug-likeness (QED) is 0.933. The van der Waals surface area contributed by atoms with Gasteiger partial charge in [-0.05, 0) is 30.7 Å². The zero-order chi connectivity index (χ0) is 13.8. The SMILES string of the molecule is CC(C(N)c1ccccc1)S(=O)c1cccc(F)c1. The van der Waals surface area contributed by atoms with Crippen molar-refractivity contribution in [3.63, 3.8) is 0 Å². The minimum atomic E-state index is -1.33. The van der Waals surface area contributed by atoms with Crippen molar-refractivity contribution in [1.29, 1.82) is 0 Å². The third kappa shape index (κ3) is 3.28. The summed E-state index contributed by atoms with van der Waals surface area (Å²) in [6, 6.07) is 15.0. The van der Waals surface area contributed by atoms with Crippen LogP contribution in [-0.2, 0) is 10.8 Å². The zero-order valence-corrected chi connectivity index (χ0v) is 11.4. The predicted molar refractivity (Wildman–Crippen MR) is 75.6 cm³/mol. The fraction of sp³-hybridized carbons (Fsp3) is 0.200. The summed E-state index contributed by atoms with van der Waals surface area (Å²) in [5, 5.41) is -0.288. The monoisotopic (exact) mass is 277 g/mol. The van der Waals surface area contributed by atoms with Crippen LogP contribution in [0.2, 0.25) is 0 Å². The molecule has 0 saturated carbocycles. The minimum Gasteiger partial charge on any atom is -0.323 e. The van der Waals surface area contributed by atoms with E-state index in [4.69, 9.17) is 5.73 Å². The molecule has 2 aromatic carbocycles. The molecule has 2 aromatic rings. The Morgan fingerprint density at radius 2 is 1.79 bits per heavy atom. The Bertz CT molecular complexity index is 573. The smallest absolute Gasteiger partial charge is 0.124 e. The summed E-state index contributed by atoms with van der Waals surface area (Å²) < 4.78 is 25.5. The van der Waals surface area contributed by atoms with Gasteiger partial charge in [0.05, 0.1) is 16.0 Å². The summed E-state index contributed by atoms with van der Waals surface area (Å²) in [4.78, 5) is 0.471. The molecule has 2 rings (SSSR count). The molecule has 0 aliphatic rings. The van der Waals surface area contributed by atoms with Crippen LogP contribution >= 0.6 is 0 Å². The molecule has 0 radical (unpaired) electrons. The van der Waals surface area contributed by atoms with Crippen LogP contribution in [0.3, 0.4) is 0 Å². The van der Waals surface area contributed by atoms with E-state index in [1.165, 1.54) is 12.1 Å². The van der Waals surface area contributed by atoms with Crippen LogP contribution in [-0.4, -0.2) is 9.46 Å². The molecule has 19 heavy (non-hydrogen) atoms. The van der Waals surface area contributed by atoms with E-state index in [0.29, 0.717) is 4.90 Å². The Hall–Kier alpha value is -1.52. The molecule has 0 bridgehead atoms. The van der Waals surface area contributed by atoms with Crippen LogP contribution in [0.15, 0.2) is 59.5 Å². The number of halogens is 1. The first-order valence-electron chi connectivity index (χ1n) is 6.06. The van der Waals surface area contributed by atoms with Gasteiger partial charge in [-0.25, -0.2) is 4.39 Å². The molecule has 4 heteroatoms. The lowest BCUT2D eigenvalue weighted by Crippen LogP contribution is -2.27. The molecule has 3 unspecified atom stereocenters. The van der Waals surface area contributed by atoms with Crippen molar-refractivity contribution in [2.24, 2.45) is 5.73 Å². The molecular formula is C15H16FNOS. The van der Waals surface area contributed by atoms with Crippen LogP contribution in [0.4, 0.5) is 4.39 Å². The summed E-state index contributed by atoms with van der Waals surface area (Å²) in [7, 11) is -1.33. The Morgan fingerprint density at radius 1 is 1.11 bits per heavy atom. The van der Waals surface area contributed by atoms with Gasteiger partial charge in [0, 0.05) is 10.9 Å². The van der Waals surface area contributed by atoms with Crippen LogP contribution in [0.1, 0.15) is 18.5 Å². The van der Waals surface area contributed by atoms with Gasteiger partial charge in [-0.2, -0.15) is 0 Å². The van der Waals surface area contributed by atoms with E-state index in [2.05, 4.69) is 0 Å². The highest BCUT2D eigenvalue weighted by atomic mass is 32.2. The van der Waals surface area contributed by atoms with Crippen LogP contribution in [0.25, 0.3) is 0 Å². The van der Waals surface area contributed by atoms with Crippen molar-refractivity contribution in [1.82, 2.24) is 0 Å². The van der Waals surface area contributed by atoms with Gasteiger partial charge in [0.1, 0.15) is 5.82 Å². The van der Waals surface area contributed by atoms with E-state index < -0.39 is 10.8 Å². The standard InChI is InChI=1S/C15H16FNOS/c1-11(15(17)12-6-3-2-4-7-12)19(18)14-9-5-8-13(16)10-14/h2-11,15H,17H2,1H3. The average molecular weight is 277 g/mol. The molecule has 0 saturated heterocycles. The first-order chi connectivity index (χ1) is 9.09. The van der Waals surface area contributed by atoms with Crippen molar-refractivity contribution in [3.8, 4) is 0 Å². The Labute approximate surface area is 114 Å². The van der Waals surface area contributed by atoms with Crippen molar-refractivity contribution in [2.45, 2.75) is 23.1 Å². The van der Waals surface area contributed by atoms with E-state index in [9.17, 15) is 8.60 Å². The molecule has 3 atom stereocenters. The van der Waals surface area contributed by atoms with Crippen molar-refractivity contribution in [2.75, 3.05) is 0 Å². The molecule has 100 valence electrons. The molecule has 2 N–H and O–H groups in total. The van der Waals surface area contributed by atoms with Crippen molar-refractivity contribution in [3.05, 3.63) is 66.0 Å². The second-order valence-electron chi connectivity index (χ2n) is 4.40. The number of hydrogen-bond acceptors (Lipinski definition) is 2. The van der Waals surface area contributed by atoms with Crippen LogP contribution in [0.5, 0.6) is 0 Å². The van der Waals surface area contributed by atoms with Crippen molar-refractivity contribution >= 4 is 10.8 Å². The molecule has 0 fully saturated rings. The van der Waals surface area contributed by atoms with E-state index in [0.717, 1.165) is 5.56 Å². The maximum Gasteiger partial charge on any atom is 0.124 e. The predicted octanol–water partition coefficient (Wildman–Crippen LogP) is 3.02. The number of rotatable bonds is 4. The van der Waals surface area contributed by atoms with Gasteiger partial charge in [0.2, 0.25) is 0 Å². The third-order valence-corrected chi connectivity index (χ3v) is 4.74. The van der Waals surface area contributed by atoms with Gasteiger partial charge >= 0.3 is 0 Å². The fourth-order valence-electron chi connectivity index (χ4n) is 1.89. The van der Waals surface area contributed by atoms with Gasteiger partial charge in [0.25, 0.3) is 0 Å². The molecular weight excluding hydrogens is 261 g/mol. The Balaban J connectivity index is 2.20. The first kappa shape index (κ1) is 13.9. The van der Waals surface area contributed by atoms with Crippen LogP contribution < -0.4 is 5.73 Å². The lowest BCUT2D eigenvalue weighted by Gasteiger charge is -2.19. The largest absolute Gasteiger partial charge is 0.323 e. The van der Waals surface area contributed by atoms with E-state index in [1.54, 1.807) is 12.1 Å². The maximum absolute atomic E-state index is 13.1. The molecule has 0 aliphatic heterocycles. The molecule has 0 amide bonds. The summed E-state index contributed by atoms with van der Waals surface area (Å²) in [5.41, 5.74) is 7.06. The lowest BCUT2D eigenvalue weighted by atomic mass is 10.1. The van der Waals surface area contributed by atoms with Gasteiger partial charge in [-0.3, -0.25) is 4.21 Å². The number of nitrogens with two attached hydrogens (primary N) is 1. The highest BCUT2D eigenvalue weighted by Gasteiger charge is 2.22. The van der Waals surface area contributed by atoms with Gasteiger partial charge in [-0.1, -0.05) is 36.4 Å². The summed E-state index contributed by atoms with van der Waals surface area (Å²) in [6.07, 6.45) is 0. The van der Waals surface area contributed by atoms with Gasteiger partial charge in [0.15, 0.2) is 0 Å². The number of benzene rings is 2. The minimum absolute atomic E-state index is 0.288. The maximum atomic E-state index is 13.1. The Kier molecular flexibility index (Phi) is 4.45. The summed E-state index contributed by atoms with van der Waals surface area (Å²) >= 11 is 0. The molecule has 0 spiro atoms. The normalized spacial score (nSPS) is 15.7. The van der Waals surface area contributed by atoms with E-state index >= 15 is 0 Å². The third-order valence-electron chi connectivity index (χ3n) is 3.06. The summed E-state index contributed by atoms with van der Waals surface area (Å²) in [6.45, 7) is 1.82. The zero-order valence-electron chi connectivity index (χ0n) is 10.6. The van der Waals surface area contributed by atoms with Gasteiger partial charge < -0.3 is 5.73 Å². The van der Waals surface area contributed by atoms with E-state index in [1.807, 2.05) is 37.3 Å². The number of hydrogen-bond donors (Lipinski definition) is 1. The fourth-order valence-corrected chi connectivity index (χ4v) is 3.18. The topological polar surface area (TPSA) is 43.1 Å². The molecule has 0 heterocycles. The van der Waals surface area contributed by atoms with Crippen molar-refractivity contribution < 1.29 is 8.60 Å². The first-order valence-corrected chi connectivity index (χ1v) is 7.27. The highest BCUT2D eigenvalue weighted by Crippen LogP contribution is 2.22. The molecule has 0 aliphatic carbocycles. The Morgan fingerprint density at radius 3 is 2.42 bits per heavy atom. The highest BCUT2D eigenvalue weighted by molar-refractivity contribution is 7.85. The van der Waals surface area contributed by atoms with E-state index in [-0.39, 0.29) is 17.1 Å².